The molecule has 0 atom stereocenters. The topological polar surface area (TPSA) is 58.6 Å². The van der Waals surface area contributed by atoms with E-state index in [0.29, 0.717) is 43.3 Å². The molecule has 146 valence electrons. The van der Waals surface area contributed by atoms with E-state index in [1.165, 1.54) is 0 Å². The summed E-state index contributed by atoms with van der Waals surface area (Å²) in [5, 5.41) is 3.59. The molecule has 4 rings (SSSR count). The van der Waals surface area contributed by atoms with E-state index in [1.54, 1.807) is 6.07 Å². The number of benzene rings is 2. The summed E-state index contributed by atoms with van der Waals surface area (Å²) in [6.45, 7) is 3.51. The summed E-state index contributed by atoms with van der Waals surface area (Å²) in [4.78, 5) is 27.9. The van der Waals surface area contributed by atoms with Crippen molar-refractivity contribution in [3.05, 3.63) is 64.2 Å². The molecule has 6 heteroatoms. The van der Waals surface area contributed by atoms with Gasteiger partial charge in [0.25, 0.3) is 5.91 Å². The Bertz CT molecular complexity index is 922. The minimum atomic E-state index is -0.537. The zero-order valence-electron chi connectivity index (χ0n) is 15.8. The highest BCUT2D eigenvalue weighted by Crippen LogP contribution is 2.38. The predicted octanol–water partition coefficient (Wildman–Crippen LogP) is 4.18. The fourth-order valence-electron chi connectivity index (χ4n) is 4.17. The van der Waals surface area contributed by atoms with Crippen LogP contribution in [-0.4, -0.2) is 35.5 Å². The molecule has 0 unspecified atom stereocenters. The number of hydrogen-bond acceptors (Lipinski definition) is 3. The highest BCUT2D eigenvalue weighted by molar-refractivity contribution is 6.31. The molecule has 2 aliphatic heterocycles. The molecule has 2 aliphatic rings. The first-order chi connectivity index (χ1) is 13.5. The van der Waals surface area contributed by atoms with E-state index in [9.17, 15) is 9.59 Å². The van der Waals surface area contributed by atoms with Gasteiger partial charge in [0.2, 0.25) is 5.91 Å². The second kappa shape index (κ2) is 7.57. The summed E-state index contributed by atoms with van der Waals surface area (Å²) in [5.41, 5.74) is 2.76. The van der Waals surface area contributed by atoms with Crippen LogP contribution >= 0.6 is 11.6 Å². The Hall–Kier alpha value is -2.37. The standard InChI is InChI=1S/C22H23ClN2O3/c1-15-18(23)7-4-8-19(15)24-20(26)13-22(9-11-28-12-10-22)25-14-16-5-2-3-6-17(16)21(25)27/h2-8H,9-14H2,1H3,(H,24,26). The maximum atomic E-state index is 13.1. The first-order valence-corrected chi connectivity index (χ1v) is 9.91. The third-order valence-corrected chi connectivity index (χ3v) is 6.26. The first-order valence-electron chi connectivity index (χ1n) is 9.53. The zero-order chi connectivity index (χ0) is 19.7. The number of amides is 2. The van der Waals surface area contributed by atoms with Gasteiger partial charge in [0, 0.05) is 36.0 Å². The molecule has 1 saturated heterocycles. The quantitative estimate of drug-likeness (QED) is 0.840. The lowest BCUT2D eigenvalue weighted by Gasteiger charge is -2.44. The highest BCUT2D eigenvalue weighted by Gasteiger charge is 2.46. The zero-order valence-corrected chi connectivity index (χ0v) is 16.6. The van der Waals surface area contributed by atoms with Crippen LogP contribution in [0.2, 0.25) is 5.02 Å². The molecule has 2 amide bonds. The Kier molecular flexibility index (Phi) is 5.13. The van der Waals surface area contributed by atoms with Gasteiger partial charge >= 0.3 is 0 Å². The molecule has 1 fully saturated rings. The van der Waals surface area contributed by atoms with E-state index in [4.69, 9.17) is 16.3 Å². The van der Waals surface area contributed by atoms with Crippen molar-refractivity contribution in [2.24, 2.45) is 0 Å². The largest absolute Gasteiger partial charge is 0.381 e. The van der Waals surface area contributed by atoms with E-state index in [1.807, 2.05) is 48.2 Å². The van der Waals surface area contributed by atoms with Crippen LogP contribution in [0, 0.1) is 6.92 Å². The van der Waals surface area contributed by atoms with E-state index < -0.39 is 5.54 Å². The molecule has 0 spiro atoms. The Morgan fingerprint density at radius 1 is 1.18 bits per heavy atom. The van der Waals surface area contributed by atoms with Crippen LogP contribution in [0.15, 0.2) is 42.5 Å². The number of nitrogens with zero attached hydrogens (tertiary/aromatic N) is 1. The molecule has 2 aromatic carbocycles. The third-order valence-electron chi connectivity index (χ3n) is 5.85. The highest BCUT2D eigenvalue weighted by atomic mass is 35.5. The van der Waals surface area contributed by atoms with Gasteiger partial charge < -0.3 is 15.0 Å². The normalized spacial score (nSPS) is 18.1. The van der Waals surface area contributed by atoms with Gasteiger partial charge in [-0.1, -0.05) is 35.9 Å². The lowest BCUT2D eigenvalue weighted by molar-refractivity contribution is -0.120. The number of carbonyl (C=O) groups excluding carboxylic acids is 2. The Labute approximate surface area is 169 Å². The average Bonchev–Trinajstić information content (AvgIpc) is 3.04. The molecule has 0 bridgehead atoms. The second-order valence-corrected chi connectivity index (χ2v) is 7.93. The fourth-order valence-corrected chi connectivity index (χ4v) is 4.34. The van der Waals surface area contributed by atoms with E-state index >= 15 is 0 Å². The van der Waals surface area contributed by atoms with Crippen LogP contribution in [0.25, 0.3) is 0 Å². The van der Waals surface area contributed by atoms with Gasteiger partial charge in [0.1, 0.15) is 0 Å². The van der Waals surface area contributed by atoms with Crippen molar-refractivity contribution in [1.82, 2.24) is 4.90 Å². The number of nitrogens with one attached hydrogen (secondary N) is 1. The van der Waals surface area contributed by atoms with Gasteiger partial charge in [-0.15, -0.1) is 0 Å². The maximum Gasteiger partial charge on any atom is 0.254 e. The molecule has 2 aromatic rings. The molecule has 0 saturated carbocycles. The SMILES string of the molecule is Cc1c(Cl)cccc1NC(=O)CC1(N2Cc3ccccc3C2=O)CCOCC1. The average molecular weight is 399 g/mol. The molecule has 0 radical (unpaired) electrons. The minimum Gasteiger partial charge on any atom is -0.381 e. The number of rotatable bonds is 4. The molecular formula is C22H23ClN2O3. The fraction of sp³-hybridized carbons (Fsp3) is 0.364. The summed E-state index contributed by atoms with van der Waals surface area (Å²) >= 11 is 6.17. The number of hydrogen-bond donors (Lipinski definition) is 1. The Balaban J connectivity index is 1.57. The lowest BCUT2D eigenvalue weighted by Crippen LogP contribution is -2.54. The van der Waals surface area contributed by atoms with Crippen LogP contribution in [0.5, 0.6) is 0 Å². The maximum absolute atomic E-state index is 13.1. The molecule has 28 heavy (non-hydrogen) atoms. The number of carbonyl (C=O) groups is 2. The Morgan fingerprint density at radius 3 is 2.68 bits per heavy atom. The summed E-state index contributed by atoms with van der Waals surface area (Å²) < 4.78 is 5.54. The van der Waals surface area contributed by atoms with Crippen molar-refractivity contribution >= 4 is 29.1 Å². The number of anilines is 1. The van der Waals surface area contributed by atoms with Crippen LogP contribution in [0.3, 0.4) is 0 Å². The van der Waals surface area contributed by atoms with Crippen molar-refractivity contribution in [2.75, 3.05) is 18.5 Å². The van der Waals surface area contributed by atoms with Crippen molar-refractivity contribution in [2.45, 2.75) is 38.3 Å². The van der Waals surface area contributed by atoms with E-state index in [-0.39, 0.29) is 18.2 Å². The summed E-state index contributed by atoms with van der Waals surface area (Å²) in [7, 11) is 0. The van der Waals surface area contributed by atoms with Gasteiger partial charge in [0.05, 0.1) is 12.0 Å². The van der Waals surface area contributed by atoms with E-state index in [0.717, 1.165) is 16.7 Å². The molecule has 5 nitrogen and oxygen atoms in total. The summed E-state index contributed by atoms with van der Waals surface area (Å²) in [5.74, 6) is -0.111. The van der Waals surface area contributed by atoms with Crippen molar-refractivity contribution in [1.29, 1.82) is 0 Å². The van der Waals surface area contributed by atoms with Crippen LogP contribution in [-0.2, 0) is 16.1 Å². The number of ether oxygens (including phenoxy) is 1. The molecule has 2 heterocycles. The van der Waals surface area contributed by atoms with Crippen molar-refractivity contribution < 1.29 is 14.3 Å². The summed E-state index contributed by atoms with van der Waals surface area (Å²) in [6, 6.07) is 13.1. The van der Waals surface area contributed by atoms with Crippen molar-refractivity contribution in [3.63, 3.8) is 0 Å². The number of fused-ring (bicyclic) bond motifs is 1. The van der Waals surface area contributed by atoms with E-state index in [2.05, 4.69) is 5.32 Å². The lowest BCUT2D eigenvalue weighted by atomic mass is 9.84. The van der Waals surface area contributed by atoms with Gasteiger partial charge in [0.15, 0.2) is 0 Å². The van der Waals surface area contributed by atoms with Crippen LogP contribution < -0.4 is 5.32 Å². The Morgan fingerprint density at radius 2 is 1.93 bits per heavy atom. The van der Waals surface area contributed by atoms with Crippen molar-refractivity contribution in [3.8, 4) is 0 Å². The minimum absolute atomic E-state index is 0.00392. The molecule has 1 N–H and O–H groups in total. The smallest absolute Gasteiger partial charge is 0.254 e. The molecular weight excluding hydrogens is 376 g/mol. The first kappa shape index (κ1) is 19.0. The summed E-state index contributed by atoms with van der Waals surface area (Å²) in [6.07, 6.45) is 1.53. The predicted molar refractivity (Wildman–Crippen MR) is 109 cm³/mol. The molecule has 0 aliphatic carbocycles. The monoisotopic (exact) mass is 398 g/mol. The third kappa shape index (κ3) is 3.40. The number of halogens is 1. The van der Waals surface area contributed by atoms with Gasteiger partial charge in [-0.3, -0.25) is 9.59 Å². The molecule has 0 aromatic heterocycles. The van der Waals surface area contributed by atoms with Gasteiger partial charge in [-0.2, -0.15) is 0 Å². The van der Waals surface area contributed by atoms with Gasteiger partial charge in [-0.25, -0.2) is 0 Å². The second-order valence-electron chi connectivity index (χ2n) is 7.52. The van der Waals surface area contributed by atoms with Gasteiger partial charge in [-0.05, 0) is 49.1 Å². The van der Waals surface area contributed by atoms with Crippen LogP contribution in [0.4, 0.5) is 5.69 Å². The van der Waals surface area contributed by atoms with Crippen LogP contribution in [0.1, 0.15) is 40.7 Å².